The number of ether oxygens (including phenoxy) is 1. The molecule has 98 valence electrons. The molecular weight excluding hydrogens is 212 g/mol. The fourth-order valence-corrected chi connectivity index (χ4v) is 4.47. The van der Waals surface area contributed by atoms with Gasteiger partial charge in [-0.15, -0.1) is 0 Å². The first-order chi connectivity index (χ1) is 7.98. The second-order valence-electron chi connectivity index (χ2n) is 7.24. The molecule has 0 aromatic heterocycles. The van der Waals surface area contributed by atoms with E-state index in [9.17, 15) is 5.11 Å². The second-order valence-corrected chi connectivity index (χ2v) is 7.24. The van der Waals surface area contributed by atoms with Gasteiger partial charge in [-0.1, -0.05) is 13.8 Å². The number of hydrogen-bond acceptors (Lipinski definition) is 2. The van der Waals surface area contributed by atoms with Crippen molar-refractivity contribution in [3.8, 4) is 0 Å². The van der Waals surface area contributed by atoms with Gasteiger partial charge >= 0.3 is 0 Å². The highest BCUT2D eigenvalue weighted by atomic mass is 16.5. The lowest BCUT2D eigenvalue weighted by molar-refractivity contribution is -0.192. The van der Waals surface area contributed by atoms with E-state index in [4.69, 9.17) is 4.74 Å². The lowest BCUT2D eigenvalue weighted by Crippen LogP contribution is -2.55. The van der Waals surface area contributed by atoms with E-state index in [1.54, 1.807) is 0 Å². The van der Waals surface area contributed by atoms with E-state index in [0.29, 0.717) is 5.92 Å². The van der Waals surface area contributed by atoms with Crippen LogP contribution >= 0.6 is 0 Å². The van der Waals surface area contributed by atoms with Crippen LogP contribution in [-0.2, 0) is 4.74 Å². The maximum absolute atomic E-state index is 11.1. The molecule has 0 amide bonds. The summed E-state index contributed by atoms with van der Waals surface area (Å²) in [5.41, 5.74) is -0.170. The molecule has 1 N–H and O–H groups in total. The first-order valence-corrected chi connectivity index (χ1v) is 7.34. The summed E-state index contributed by atoms with van der Waals surface area (Å²) in [5.74, 6) is 0.467. The van der Waals surface area contributed by atoms with Gasteiger partial charge in [0.05, 0.1) is 11.2 Å². The SMILES string of the molecule is CC1(C)CCCC1(O)C1CCOC2(CCC2)C1. The first-order valence-electron chi connectivity index (χ1n) is 7.34. The van der Waals surface area contributed by atoms with Crippen LogP contribution in [0.15, 0.2) is 0 Å². The number of hydrogen-bond donors (Lipinski definition) is 1. The third kappa shape index (κ3) is 1.67. The maximum atomic E-state index is 11.1. The Morgan fingerprint density at radius 3 is 2.29 bits per heavy atom. The molecule has 0 aromatic carbocycles. The molecule has 1 saturated heterocycles. The van der Waals surface area contributed by atoms with Crippen LogP contribution in [0.4, 0.5) is 0 Å². The van der Waals surface area contributed by atoms with Gasteiger partial charge in [-0.3, -0.25) is 0 Å². The van der Waals surface area contributed by atoms with Crippen molar-refractivity contribution in [2.24, 2.45) is 11.3 Å². The fraction of sp³-hybridized carbons (Fsp3) is 1.00. The second kappa shape index (κ2) is 3.71. The molecule has 3 fully saturated rings. The zero-order chi connectivity index (χ0) is 12.1. The highest BCUT2D eigenvalue weighted by Crippen LogP contribution is 2.56. The fourth-order valence-electron chi connectivity index (χ4n) is 4.47. The van der Waals surface area contributed by atoms with Crippen molar-refractivity contribution in [3.05, 3.63) is 0 Å². The highest BCUT2D eigenvalue weighted by molar-refractivity contribution is 5.07. The monoisotopic (exact) mass is 238 g/mol. The van der Waals surface area contributed by atoms with Crippen LogP contribution in [0.25, 0.3) is 0 Å². The molecule has 1 heterocycles. The zero-order valence-corrected chi connectivity index (χ0v) is 11.3. The minimum absolute atomic E-state index is 0.0972. The van der Waals surface area contributed by atoms with Crippen LogP contribution in [0.2, 0.25) is 0 Å². The van der Waals surface area contributed by atoms with E-state index in [-0.39, 0.29) is 11.0 Å². The van der Waals surface area contributed by atoms with Crippen LogP contribution < -0.4 is 0 Å². The molecule has 2 unspecified atom stereocenters. The molecule has 1 aliphatic heterocycles. The predicted octanol–water partition coefficient (Wildman–Crippen LogP) is 3.28. The van der Waals surface area contributed by atoms with E-state index < -0.39 is 5.60 Å². The average molecular weight is 238 g/mol. The van der Waals surface area contributed by atoms with Gasteiger partial charge in [0.2, 0.25) is 0 Å². The van der Waals surface area contributed by atoms with E-state index in [1.165, 1.54) is 32.1 Å². The van der Waals surface area contributed by atoms with Gasteiger partial charge in [0.25, 0.3) is 0 Å². The Labute approximate surface area is 105 Å². The Morgan fingerprint density at radius 1 is 1.06 bits per heavy atom. The smallest absolute Gasteiger partial charge is 0.0728 e. The standard InChI is InChI=1S/C15H26O2/c1-13(2)6-3-9-15(13,16)12-5-10-17-14(11-12)7-4-8-14/h12,16H,3-11H2,1-2H3. The minimum atomic E-state index is -0.431. The van der Waals surface area contributed by atoms with Crippen molar-refractivity contribution in [1.29, 1.82) is 0 Å². The summed E-state index contributed by atoms with van der Waals surface area (Å²) in [6.45, 7) is 5.37. The topological polar surface area (TPSA) is 29.5 Å². The van der Waals surface area contributed by atoms with Crippen LogP contribution in [0.5, 0.6) is 0 Å². The molecule has 0 aromatic rings. The summed E-state index contributed by atoms with van der Waals surface area (Å²) in [6.07, 6.45) is 9.28. The summed E-state index contributed by atoms with van der Waals surface area (Å²) in [5, 5.41) is 11.1. The molecule has 2 atom stereocenters. The summed E-state index contributed by atoms with van der Waals surface area (Å²) in [7, 11) is 0. The van der Waals surface area contributed by atoms with E-state index in [1.807, 2.05) is 0 Å². The molecule has 1 spiro atoms. The van der Waals surface area contributed by atoms with Gasteiger partial charge in [-0.25, -0.2) is 0 Å². The van der Waals surface area contributed by atoms with E-state index in [0.717, 1.165) is 25.9 Å². The zero-order valence-electron chi connectivity index (χ0n) is 11.3. The van der Waals surface area contributed by atoms with Crippen LogP contribution in [0.1, 0.15) is 65.2 Å². The largest absolute Gasteiger partial charge is 0.389 e. The molecule has 17 heavy (non-hydrogen) atoms. The van der Waals surface area contributed by atoms with Crippen LogP contribution in [0.3, 0.4) is 0 Å². The van der Waals surface area contributed by atoms with Crippen molar-refractivity contribution >= 4 is 0 Å². The third-order valence-electron chi connectivity index (χ3n) is 5.96. The minimum Gasteiger partial charge on any atom is -0.389 e. The molecule has 2 aliphatic carbocycles. The molecule has 0 radical (unpaired) electrons. The van der Waals surface area contributed by atoms with Gasteiger partial charge in [0.1, 0.15) is 0 Å². The van der Waals surface area contributed by atoms with Crippen molar-refractivity contribution in [2.75, 3.05) is 6.61 Å². The summed E-state index contributed by atoms with van der Waals surface area (Å²) in [6, 6.07) is 0. The number of rotatable bonds is 1. The molecule has 3 rings (SSSR count). The number of aliphatic hydroxyl groups is 1. The van der Waals surface area contributed by atoms with Gasteiger partial charge in [0, 0.05) is 6.61 Å². The van der Waals surface area contributed by atoms with Crippen LogP contribution in [-0.4, -0.2) is 22.9 Å². The van der Waals surface area contributed by atoms with Crippen molar-refractivity contribution in [1.82, 2.24) is 0 Å². The third-order valence-corrected chi connectivity index (χ3v) is 5.96. The molecule has 3 aliphatic rings. The lowest BCUT2D eigenvalue weighted by atomic mass is 9.62. The normalized spacial score (nSPS) is 43.6. The summed E-state index contributed by atoms with van der Waals surface area (Å²) >= 11 is 0. The van der Waals surface area contributed by atoms with E-state index >= 15 is 0 Å². The predicted molar refractivity (Wildman–Crippen MR) is 67.8 cm³/mol. The van der Waals surface area contributed by atoms with Crippen LogP contribution in [0, 0.1) is 11.3 Å². The Morgan fingerprint density at radius 2 is 1.76 bits per heavy atom. The van der Waals surface area contributed by atoms with Gasteiger partial charge in [-0.2, -0.15) is 0 Å². The molecule has 2 heteroatoms. The first kappa shape index (κ1) is 12.0. The van der Waals surface area contributed by atoms with Gasteiger partial charge < -0.3 is 9.84 Å². The molecule has 2 saturated carbocycles. The van der Waals surface area contributed by atoms with Gasteiger partial charge in [0.15, 0.2) is 0 Å². The Bertz CT molecular complexity index is 306. The molecule has 2 nitrogen and oxygen atoms in total. The van der Waals surface area contributed by atoms with Crippen molar-refractivity contribution in [2.45, 2.75) is 76.4 Å². The Hall–Kier alpha value is -0.0800. The Balaban J connectivity index is 1.79. The quantitative estimate of drug-likeness (QED) is 0.759. The Kier molecular flexibility index (Phi) is 2.61. The maximum Gasteiger partial charge on any atom is 0.0728 e. The van der Waals surface area contributed by atoms with Gasteiger partial charge in [-0.05, 0) is 62.7 Å². The molecular formula is C15H26O2. The van der Waals surface area contributed by atoms with E-state index in [2.05, 4.69) is 13.8 Å². The summed E-state index contributed by atoms with van der Waals surface area (Å²) < 4.78 is 5.99. The van der Waals surface area contributed by atoms with Crippen molar-refractivity contribution < 1.29 is 9.84 Å². The summed E-state index contributed by atoms with van der Waals surface area (Å²) in [4.78, 5) is 0. The molecule has 0 bridgehead atoms. The highest BCUT2D eigenvalue weighted by Gasteiger charge is 2.56. The lowest BCUT2D eigenvalue weighted by Gasteiger charge is -2.53. The van der Waals surface area contributed by atoms with Crippen molar-refractivity contribution in [3.63, 3.8) is 0 Å². The average Bonchev–Trinajstić information content (AvgIpc) is 2.53.